The van der Waals surface area contributed by atoms with Crippen LogP contribution in [0.15, 0.2) is 40.0 Å². The van der Waals surface area contributed by atoms with Crippen molar-refractivity contribution in [2.24, 2.45) is 35.1 Å². The van der Waals surface area contributed by atoms with E-state index < -0.39 is 54.1 Å². The molecule has 19 heteroatoms. The number of furan rings is 1. The van der Waals surface area contributed by atoms with E-state index in [9.17, 15) is 28.8 Å². The summed E-state index contributed by atoms with van der Waals surface area (Å²) in [6, 6.07) is 3.31. The number of alkyl halides is 1. The first-order valence-electron chi connectivity index (χ1n) is 20.1. The Morgan fingerprint density at radius 2 is 1.80 bits per heavy atom. The van der Waals surface area contributed by atoms with Gasteiger partial charge < -0.3 is 61.3 Å². The first-order valence-corrected chi connectivity index (χ1v) is 21.2. The van der Waals surface area contributed by atoms with Gasteiger partial charge in [-0.15, -0.1) is 0 Å². The van der Waals surface area contributed by atoms with E-state index in [0.29, 0.717) is 65.7 Å². The molecule has 3 aliphatic heterocycles. The van der Waals surface area contributed by atoms with Crippen molar-refractivity contribution in [2.75, 3.05) is 64.1 Å². The van der Waals surface area contributed by atoms with Gasteiger partial charge in [0, 0.05) is 79.7 Å². The Bertz CT molecular complexity index is 1960. The van der Waals surface area contributed by atoms with Gasteiger partial charge in [0.1, 0.15) is 17.7 Å². The summed E-state index contributed by atoms with van der Waals surface area (Å²) < 4.78 is 17.6. The number of piperazine rings is 1. The molecule has 8 N–H and O–H groups in total. The van der Waals surface area contributed by atoms with E-state index in [1.54, 1.807) is 47.9 Å². The molecule has 0 spiro atoms. The third kappa shape index (κ3) is 9.46. The minimum Gasteiger partial charge on any atom is -0.466 e. The third-order valence-electron chi connectivity index (χ3n) is 12.1. The van der Waals surface area contributed by atoms with E-state index in [4.69, 9.17) is 25.4 Å². The monoisotopic (exact) mass is 885 g/mol. The molecule has 2 saturated heterocycles. The van der Waals surface area contributed by atoms with E-state index in [0.717, 1.165) is 13.1 Å². The second-order valence-electron chi connectivity index (χ2n) is 16.3. The zero-order chi connectivity index (χ0) is 42.7. The molecule has 1 aromatic heterocycles. The molecule has 1 aliphatic carbocycles. The number of carbonyl (C=O) groups excluding carboxylic acids is 6. The van der Waals surface area contributed by atoms with Crippen LogP contribution in [0.4, 0.5) is 15.3 Å². The van der Waals surface area contributed by atoms with Crippen LogP contribution in [0, 0.1) is 23.7 Å². The van der Waals surface area contributed by atoms with Gasteiger partial charge in [0.25, 0.3) is 5.91 Å². The lowest BCUT2D eigenvalue weighted by molar-refractivity contribution is -0.137. The number of esters is 1. The van der Waals surface area contributed by atoms with Crippen molar-refractivity contribution in [3.8, 4) is 0 Å². The summed E-state index contributed by atoms with van der Waals surface area (Å²) in [4.78, 5) is 84.5. The maximum absolute atomic E-state index is 14.5. The molecule has 59 heavy (non-hydrogen) atoms. The van der Waals surface area contributed by atoms with E-state index in [2.05, 4.69) is 42.1 Å². The summed E-state index contributed by atoms with van der Waals surface area (Å²) in [7, 11) is 3.35. The molecule has 4 heterocycles. The van der Waals surface area contributed by atoms with Crippen LogP contribution in [0.1, 0.15) is 50.6 Å². The van der Waals surface area contributed by atoms with Crippen molar-refractivity contribution < 1.29 is 42.7 Å². The SMILES string of the molecule is COC(=O)C1=C(C)NC2C(OC(=O)N3CCN(C)CC3)C[C@H]3C(C12)[C@H](CBr)CN3C(=O)c1cc2cc(NC(=O)C(CCCNC(N)=O)NC(=O)C(N)C(C)C)ccc2o1. The fourth-order valence-corrected chi connectivity index (χ4v) is 9.53. The fraction of sp³-hybridized carbons (Fsp3) is 0.600. The van der Waals surface area contributed by atoms with Crippen LogP contribution >= 0.6 is 15.9 Å². The molecule has 6 amide bonds. The molecule has 0 bridgehead atoms. The van der Waals surface area contributed by atoms with Crippen molar-refractivity contribution in [1.82, 2.24) is 30.7 Å². The summed E-state index contributed by atoms with van der Waals surface area (Å²) in [5, 5.41) is 12.6. The predicted octanol–water partition coefficient (Wildman–Crippen LogP) is 1.93. The highest BCUT2D eigenvalue weighted by Crippen LogP contribution is 2.51. The lowest BCUT2D eigenvalue weighted by Gasteiger charge is -2.45. The van der Waals surface area contributed by atoms with Crippen molar-refractivity contribution in [2.45, 2.75) is 70.3 Å². The second kappa shape index (κ2) is 18.6. The number of likely N-dealkylation sites (N-methyl/N-ethyl adjacent to an activating group) is 1. The minimum absolute atomic E-state index is 0.0422. The highest BCUT2D eigenvalue weighted by atomic mass is 79.9. The Balaban J connectivity index is 1.22. The molecule has 1 saturated carbocycles. The molecule has 6 unspecified atom stereocenters. The van der Waals surface area contributed by atoms with Crippen LogP contribution in [0.2, 0.25) is 0 Å². The van der Waals surface area contributed by atoms with Crippen molar-refractivity contribution >= 4 is 68.4 Å². The van der Waals surface area contributed by atoms with Gasteiger partial charge in [0.05, 0.1) is 24.8 Å². The number of halogens is 1. The number of nitrogens with two attached hydrogens (primary N) is 2. The number of nitrogens with one attached hydrogen (secondary N) is 4. The van der Waals surface area contributed by atoms with Crippen molar-refractivity contribution in [3.63, 3.8) is 0 Å². The van der Waals surface area contributed by atoms with Gasteiger partial charge in [0.15, 0.2) is 5.76 Å². The summed E-state index contributed by atoms with van der Waals surface area (Å²) in [6.07, 6.45) is -0.162. The molecular weight excluding hydrogens is 830 g/mol. The number of rotatable bonds is 13. The maximum Gasteiger partial charge on any atom is 0.410 e. The van der Waals surface area contributed by atoms with Crippen LogP contribution in [0.25, 0.3) is 11.0 Å². The molecule has 4 aliphatic rings. The van der Waals surface area contributed by atoms with Gasteiger partial charge in [-0.25, -0.2) is 14.4 Å². The molecule has 2 aromatic rings. The highest BCUT2D eigenvalue weighted by molar-refractivity contribution is 9.09. The maximum atomic E-state index is 14.5. The summed E-state index contributed by atoms with van der Waals surface area (Å²) in [5.41, 5.74) is 13.2. The molecular formula is C40H56BrN9O9. The van der Waals surface area contributed by atoms with Gasteiger partial charge in [0.2, 0.25) is 11.8 Å². The number of likely N-dealkylation sites (tertiary alicyclic amines) is 1. The number of ether oxygens (including phenoxy) is 2. The molecule has 0 radical (unpaired) electrons. The molecule has 3 fully saturated rings. The van der Waals surface area contributed by atoms with Crippen molar-refractivity contribution in [1.29, 1.82) is 0 Å². The molecule has 18 nitrogen and oxygen atoms in total. The van der Waals surface area contributed by atoms with Crippen LogP contribution in [0.5, 0.6) is 0 Å². The Kier molecular flexibility index (Phi) is 13.8. The van der Waals surface area contributed by atoms with E-state index >= 15 is 0 Å². The van der Waals surface area contributed by atoms with Gasteiger partial charge in [-0.1, -0.05) is 29.8 Å². The Morgan fingerprint density at radius 1 is 1.07 bits per heavy atom. The smallest absolute Gasteiger partial charge is 0.410 e. The summed E-state index contributed by atoms with van der Waals surface area (Å²) in [6.45, 7) is 8.54. The summed E-state index contributed by atoms with van der Waals surface area (Å²) >= 11 is 3.69. The largest absolute Gasteiger partial charge is 0.466 e. The molecule has 322 valence electrons. The van der Waals surface area contributed by atoms with E-state index in [1.807, 2.05) is 14.0 Å². The van der Waals surface area contributed by atoms with Crippen LogP contribution in [-0.2, 0) is 23.9 Å². The number of fused-ring (bicyclic) bond motifs is 4. The number of methoxy groups -OCH3 is 1. The van der Waals surface area contributed by atoms with Gasteiger partial charge in [-0.3, -0.25) is 14.4 Å². The van der Waals surface area contributed by atoms with Crippen LogP contribution in [0.3, 0.4) is 0 Å². The predicted molar refractivity (Wildman–Crippen MR) is 221 cm³/mol. The average molecular weight is 887 g/mol. The van der Waals surface area contributed by atoms with Gasteiger partial charge in [-0.05, 0) is 68.8 Å². The average Bonchev–Trinajstić information content (AvgIpc) is 3.90. The fourth-order valence-electron chi connectivity index (χ4n) is 8.89. The third-order valence-corrected chi connectivity index (χ3v) is 12.9. The Labute approximate surface area is 351 Å². The zero-order valence-electron chi connectivity index (χ0n) is 34.1. The molecule has 1 aromatic carbocycles. The van der Waals surface area contributed by atoms with Crippen molar-refractivity contribution in [3.05, 3.63) is 41.3 Å². The lowest BCUT2D eigenvalue weighted by atomic mass is 9.67. The highest BCUT2D eigenvalue weighted by Gasteiger charge is 2.60. The topological polar surface area (TPSA) is 244 Å². The van der Waals surface area contributed by atoms with E-state index in [1.165, 1.54) is 7.11 Å². The summed E-state index contributed by atoms with van der Waals surface area (Å²) in [5.74, 6) is -2.45. The first kappa shape index (κ1) is 43.7. The number of hydrogen-bond donors (Lipinski definition) is 6. The zero-order valence-corrected chi connectivity index (χ0v) is 35.7. The number of hydrogen-bond acceptors (Lipinski definition) is 12. The van der Waals surface area contributed by atoms with Gasteiger partial charge in [-0.2, -0.15) is 0 Å². The number of anilines is 1. The number of benzene rings is 1. The van der Waals surface area contributed by atoms with Crippen LogP contribution < -0.4 is 32.7 Å². The Morgan fingerprint density at radius 3 is 2.46 bits per heavy atom. The molecule has 6 rings (SSSR count). The number of nitrogens with zero attached hydrogens (tertiary/aromatic N) is 3. The second-order valence-corrected chi connectivity index (χ2v) is 17.0. The van der Waals surface area contributed by atoms with E-state index in [-0.39, 0.29) is 54.3 Å². The standard InChI is InChI=1S/C40H56BrN9O9/c1-20(2)33(42)36(52)47-25(7-6-10-44-39(43)55)35(51)46-24-8-9-27-22(15-24)16-29(58-27)37(53)50-19-23(18-41)31-26(50)17-28(59-40(56)49-13-11-48(4)12-14-49)34-32(31)30(21(3)45-34)38(54)57-5/h8-9,15-16,20,23,25-26,28,31-34,45H,6-7,10-14,17-19,42H2,1-5H3,(H,46,51)(H,47,52)(H3,43,44,55)/t23-,25?,26+,28?,31?,32?,33?,34?/m1/s1. The number of urea groups is 1. The molecule has 8 atom stereocenters. The number of carbonyl (C=O) groups is 6. The number of primary amides is 1. The lowest BCUT2D eigenvalue weighted by Crippen LogP contribution is -2.58. The normalized spacial score (nSPS) is 25.2. The number of allylic oxidation sites excluding steroid dienone is 1. The van der Waals surface area contributed by atoms with Crippen LogP contribution in [-0.4, -0.2) is 140 Å². The quantitative estimate of drug-likeness (QED) is 0.0961. The van der Waals surface area contributed by atoms with Gasteiger partial charge >= 0.3 is 18.1 Å². The first-order chi connectivity index (χ1) is 28.1. The minimum atomic E-state index is -0.960. The Hall–Kier alpha value is -4.88. The number of amides is 6.